The SMILES string of the molecule is COCCNC(=O)NC(=O)COC(=O)c1ccc(-c2ccc(F)cc2)o1. The summed E-state index contributed by atoms with van der Waals surface area (Å²) < 4.78 is 27.8. The summed E-state index contributed by atoms with van der Waals surface area (Å²) in [7, 11) is 1.47. The van der Waals surface area contributed by atoms with Gasteiger partial charge in [-0.2, -0.15) is 0 Å². The Bertz CT molecular complexity index is 772. The van der Waals surface area contributed by atoms with Crippen molar-refractivity contribution in [1.29, 1.82) is 0 Å². The average Bonchev–Trinajstić information content (AvgIpc) is 3.10. The van der Waals surface area contributed by atoms with E-state index in [-0.39, 0.29) is 12.3 Å². The van der Waals surface area contributed by atoms with Crippen LogP contribution in [0.25, 0.3) is 11.3 Å². The van der Waals surface area contributed by atoms with Gasteiger partial charge in [0.2, 0.25) is 5.76 Å². The predicted octanol–water partition coefficient (Wildman–Crippen LogP) is 1.71. The Labute approximate surface area is 148 Å². The molecule has 0 atom stereocenters. The van der Waals surface area contributed by atoms with Gasteiger partial charge in [-0.05, 0) is 36.4 Å². The summed E-state index contributed by atoms with van der Waals surface area (Å²) >= 11 is 0. The lowest BCUT2D eigenvalue weighted by atomic mass is 10.2. The molecule has 0 fully saturated rings. The molecule has 1 heterocycles. The molecule has 0 aliphatic carbocycles. The molecule has 0 spiro atoms. The zero-order valence-electron chi connectivity index (χ0n) is 13.9. The van der Waals surface area contributed by atoms with E-state index in [1.165, 1.54) is 43.5 Å². The molecule has 0 bridgehead atoms. The molecule has 3 amide bonds. The Balaban J connectivity index is 1.82. The van der Waals surface area contributed by atoms with Crippen LogP contribution in [0.5, 0.6) is 0 Å². The fourth-order valence-electron chi connectivity index (χ4n) is 1.89. The van der Waals surface area contributed by atoms with Crippen molar-refractivity contribution >= 4 is 17.9 Å². The van der Waals surface area contributed by atoms with Crippen LogP contribution < -0.4 is 10.6 Å². The van der Waals surface area contributed by atoms with Crippen LogP contribution in [0.2, 0.25) is 0 Å². The molecule has 0 unspecified atom stereocenters. The Morgan fingerprint density at radius 2 is 1.85 bits per heavy atom. The van der Waals surface area contributed by atoms with E-state index in [1.807, 2.05) is 5.32 Å². The topological polar surface area (TPSA) is 107 Å². The summed E-state index contributed by atoms with van der Waals surface area (Å²) in [6, 6.07) is 7.69. The second-order valence-corrected chi connectivity index (χ2v) is 5.04. The maximum atomic E-state index is 12.9. The van der Waals surface area contributed by atoms with Crippen LogP contribution in [0.1, 0.15) is 10.6 Å². The predicted molar refractivity (Wildman–Crippen MR) is 87.8 cm³/mol. The van der Waals surface area contributed by atoms with Crippen molar-refractivity contribution in [2.24, 2.45) is 0 Å². The number of nitrogens with one attached hydrogen (secondary N) is 2. The Morgan fingerprint density at radius 1 is 1.12 bits per heavy atom. The van der Waals surface area contributed by atoms with Crippen LogP contribution in [0.4, 0.5) is 9.18 Å². The number of imide groups is 1. The lowest BCUT2D eigenvalue weighted by molar-refractivity contribution is -0.123. The minimum absolute atomic E-state index is 0.123. The molecule has 2 aromatic rings. The normalized spacial score (nSPS) is 10.2. The number of methoxy groups -OCH3 is 1. The fourth-order valence-corrected chi connectivity index (χ4v) is 1.89. The molecule has 1 aromatic heterocycles. The lowest BCUT2D eigenvalue weighted by Crippen LogP contribution is -2.42. The van der Waals surface area contributed by atoms with Gasteiger partial charge in [0.1, 0.15) is 11.6 Å². The van der Waals surface area contributed by atoms with Crippen molar-refractivity contribution in [1.82, 2.24) is 10.6 Å². The molecule has 0 aliphatic rings. The van der Waals surface area contributed by atoms with Gasteiger partial charge in [-0.3, -0.25) is 10.1 Å². The van der Waals surface area contributed by atoms with E-state index in [1.54, 1.807) is 0 Å². The molecule has 0 aliphatic heterocycles. The van der Waals surface area contributed by atoms with Crippen LogP contribution in [0.3, 0.4) is 0 Å². The first-order chi connectivity index (χ1) is 12.5. The van der Waals surface area contributed by atoms with E-state index in [0.29, 0.717) is 17.9 Å². The number of urea groups is 1. The summed E-state index contributed by atoms with van der Waals surface area (Å²) in [6.45, 7) is -0.122. The number of benzene rings is 1. The highest BCUT2D eigenvalue weighted by Gasteiger charge is 2.16. The van der Waals surface area contributed by atoms with Gasteiger partial charge in [-0.25, -0.2) is 14.0 Å². The molecular weight excluding hydrogens is 347 g/mol. The van der Waals surface area contributed by atoms with Crippen molar-refractivity contribution in [3.63, 3.8) is 0 Å². The van der Waals surface area contributed by atoms with Gasteiger partial charge >= 0.3 is 12.0 Å². The third kappa shape index (κ3) is 5.71. The van der Waals surface area contributed by atoms with E-state index in [9.17, 15) is 18.8 Å². The molecular formula is C17H17FN2O6. The Morgan fingerprint density at radius 3 is 2.54 bits per heavy atom. The molecule has 8 nitrogen and oxygen atoms in total. The molecule has 9 heteroatoms. The largest absolute Gasteiger partial charge is 0.450 e. The summed E-state index contributed by atoms with van der Waals surface area (Å²) in [6.07, 6.45) is 0. The van der Waals surface area contributed by atoms with Crippen molar-refractivity contribution in [3.05, 3.63) is 48.0 Å². The molecule has 26 heavy (non-hydrogen) atoms. The van der Waals surface area contributed by atoms with E-state index >= 15 is 0 Å². The van der Waals surface area contributed by atoms with Crippen LogP contribution in [-0.4, -0.2) is 44.8 Å². The van der Waals surface area contributed by atoms with Crippen LogP contribution in [-0.2, 0) is 14.3 Å². The number of hydrogen-bond donors (Lipinski definition) is 2. The van der Waals surface area contributed by atoms with Crippen molar-refractivity contribution in [3.8, 4) is 11.3 Å². The van der Waals surface area contributed by atoms with Crippen molar-refractivity contribution < 1.29 is 32.7 Å². The van der Waals surface area contributed by atoms with E-state index < -0.39 is 30.3 Å². The maximum absolute atomic E-state index is 12.9. The number of furan rings is 1. The number of hydrogen-bond acceptors (Lipinski definition) is 6. The number of amides is 3. The van der Waals surface area contributed by atoms with E-state index in [4.69, 9.17) is 13.9 Å². The molecule has 0 saturated heterocycles. The fraction of sp³-hybridized carbons (Fsp3) is 0.235. The highest BCUT2D eigenvalue weighted by molar-refractivity contribution is 5.96. The second-order valence-electron chi connectivity index (χ2n) is 5.04. The first-order valence-corrected chi connectivity index (χ1v) is 7.59. The van der Waals surface area contributed by atoms with E-state index in [0.717, 1.165) is 0 Å². The molecule has 0 saturated carbocycles. The third-order valence-electron chi connectivity index (χ3n) is 3.11. The molecule has 0 radical (unpaired) electrons. The zero-order chi connectivity index (χ0) is 18.9. The van der Waals surface area contributed by atoms with Gasteiger partial charge in [0.05, 0.1) is 6.61 Å². The number of halogens is 1. The van der Waals surface area contributed by atoms with Crippen LogP contribution in [0, 0.1) is 5.82 Å². The molecule has 2 rings (SSSR count). The van der Waals surface area contributed by atoms with Crippen molar-refractivity contribution in [2.45, 2.75) is 0 Å². The maximum Gasteiger partial charge on any atom is 0.374 e. The first-order valence-electron chi connectivity index (χ1n) is 7.59. The molecule has 138 valence electrons. The zero-order valence-corrected chi connectivity index (χ0v) is 13.9. The quantitative estimate of drug-likeness (QED) is 0.572. The smallest absolute Gasteiger partial charge is 0.374 e. The summed E-state index contributed by atoms with van der Waals surface area (Å²) in [5, 5.41) is 4.37. The third-order valence-corrected chi connectivity index (χ3v) is 3.11. The minimum atomic E-state index is -0.867. The van der Waals surface area contributed by atoms with Gasteiger partial charge in [0.25, 0.3) is 5.91 Å². The monoisotopic (exact) mass is 364 g/mol. The Hall–Kier alpha value is -3.20. The lowest BCUT2D eigenvalue weighted by Gasteiger charge is -2.06. The number of carbonyl (C=O) groups is 3. The van der Waals surface area contributed by atoms with Gasteiger partial charge in [-0.1, -0.05) is 0 Å². The van der Waals surface area contributed by atoms with E-state index in [2.05, 4.69) is 5.32 Å². The Kier molecular flexibility index (Phi) is 6.86. The van der Waals surface area contributed by atoms with Crippen LogP contribution in [0.15, 0.2) is 40.8 Å². The van der Waals surface area contributed by atoms with Gasteiger partial charge in [0, 0.05) is 19.2 Å². The van der Waals surface area contributed by atoms with Gasteiger partial charge < -0.3 is 19.2 Å². The van der Waals surface area contributed by atoms with Crippen molar-refractivity contribution in [2.75, 3.05) is 26.9 Å². The number of rotatable bonds is 7. The summed E-state index contributed by atoms with van der Waals surface area (Å²) in [5.74, 6) is -1.83. The summed E-state index contributed by atoms with van der Waals surface area (Å²) in [5.41, 5.74) is 0.580. The highest BCUT2D eigenvalue weighted by atomic mass is 19.1. The minimum Gasteiger partial charge on any atom is -0.450 e. The number of esters is 1. The molecule has 1 aromatic carbocycles. The average molecular weight is 364 g/mol. The number of ether oxygens (including phenoxy) is 2. The molecule has 2 N–H and O–H groups in total. The van der Waals surface area contributed by atoms with Crippen LogP contribution >= 0.6 is 0 Å². The standard InChI is InChI=1S/C17H17FN2O6/c1-24-9-8-19-17(23)20-15(21)10-25-16(22)14-7-6-13(26-14)11-2-4-12(18)5-3-11/h2-7H,8-10H2,1H3,(H2,19,20,21,23). The van der Waals surface area contributed by atoms with Gasteiger partial charge in [0.15, 0.2) is 6.61 Å². The summed E-state index contributed by atoms with van der Waals surface area (Å²) in [4.78, 5) is 34.7. The highest BCUT2D eigenvalue weighted by Crippen LogP contribution is 2.22. The van der Waals surface area contributed by atoms with Gasteiger partial charge in [-0.15, -0.1) is 0 Å². The number of carbonyl (C=O) groups excluding carboxylic acids is 3. The second kappa shape index (κ2) is 9.33. The first kappa shape index (κ1) is 19.1.